The van der Waals surface area contributed by atoms with Gasteiger partial charge < -0.3 is 22.2 Å². The first kappa shape index (κ1) is 22.4. The van der Waals surface area contributed by atoms with E-state index in [1.807, 2.05) is 35.2 Å². The summed E-state index contributed by atoms with van der Waals surface area (Å²) in [5.41, 5.74) is 3.49. The number of benzene rings is 3. The monoisotopic (exact) mass is 440 g/mol. The molecule has 3 aromatic rings. The molecule has 1 unspecified atom stereocenters. The molecule has 1 N–H and O–H groups in total. The van der Waals surface area contributed by atoms with Gasteiger partial charge in [0.15, 0.2) is 0 Å². The Kier molecular flexibility index (Phi) is 7.92. The fourth-order valence-electron chi connectivity index (χ4n) is 4.18. The molecule has 0 bridgehead atoms. The first-order valence-electron chi connectivity index (χ1n) is 10.2. The number of carbonyl (C=O) groups is 1. The average molecular weight is 441 g/mol. The molecule has 3 aromatic carbocycles. The highest BCUT2D eigenvalue weighted by atomic mass is 35.5. The molecule has 1 fully saturated rings. The third-order valence-corrected chi connectivity index (χ3v) is 6.14. The summed E-state index contributed by atoms with van der Waals surface area (Å²) in [7, 11) is 0. The molecule has 1 atom stereocenters. The molecular formula is C25H26Cl2N2O. The van der Waals surface area contributed by atoms with Crippen LogP contribution in [-0.2, 0) is 4.79 Å². The van der Waals surface area contributed by atoms with Crippen LogP contribution < -0.4 is 17.3 Å². The molecule has 0 radical (unpaired) electrons. The van der Waals surface area contributed by atoms with Crippen molar-refractivity contribution in [3.05, 3.63) is 108 Å². The van der Waals surface area contributed by atoms with Crippen LogP contribution >= 0.6 is 11.6 Å². The maximum absolute atomic E-state index is 12.9. The molecule has 3 nitrogen and oxygen atoms in total. The van der Waals surface area contributed by atoms with E-state index in [4.69, 9.17) is 11.6 Å². The predicted octanol–water partition coefficient (Wildman–Crippen LogP) is 0.487. The van der Waals surface area contributed by atoms with Crippen LogP contribution in [-0.4, -0.2) is 37.0 Å². The highest BCUT2D eigenvalue weighted by Crippen LogP contribution is 2.23. The molecule has 1 amide bonds. The van der Waals surface area contributed by atoms with Crippen molar-refractivity contribution < 1.29 is 22.1 Å². The summed E-state index contributed by atoms with van der Waals surface area (Å²) >= 11 is 6.48. The third-order valence-electron chi connectivity index (χ3n) is 5.70. The fraction of sp³-hybridized carbons (Fsp3) is 0.240. The van der Waals surface area contributed by atoms with Crippen molar-refractivity contribution in [2.24, 2.45) is 0 Å². The molecule has 1 aliphatic rings. The van der Waals surface area contributed by atoms with Gasteiger partial charge in [-0.2, -0.15) is 0 Å². The average Bonchev–Trinajstić information content (AvgIpc) is 2.81. The minimum Gasteiger partial charge on any atom is -1.00 e. The lowest BCUT2D eigenvalue weighted by atomic mass is 9.96. The summed E-state index contributed by atoms with van der Waals surface area (Å²) < 4.78 is 0. The number of nitrogens with one attached hydrogen (secondary N) is 1. The maximum Gasteiger partial charge on any atom is 0.245 e. The lowest BCUT2D eigenvalue weighted by Crippen LogP contribution is -3.15. The molecule has 1 saturated heterocycles. The van der Waals surface area contributed by atoms with E-state index in [9.17, 15) is 4.79 Å². The number of nitrogens with zero attached hydrogens (tertiary/aromatic N) is 1. The first-order valence-corrected chi connectivity index (χ1v) is 10.6. The van der Waals surface area contributed by atoms with Gasteiger partial charge in [0.2, 0.25) is 5.91 Å². The topological polar surface area (TPSA) is 24.8 Å². The molecule has 0 spiro atoms. The second kappa shape index (κ2) is 10.6. The first-order chi connectivity index (χ1) is 14.2. The number of alkyl halides is 1. The van der Waals surface area contributed by atoms with Gasteiger partial charge in [-0.05, 0) is 5.56 Å². The third kappa shape index (κ3) is 5.04. The Morgan fingerprint density at radius 1 is 0.733 bits per heavy atom. The standard InChI is InChI=1S/C25H25ClN2O.ClH/c26-23(20-10-4-1-5-11-20)25(29)28-18-16-27(17-19-28)24(21-12-6-2-7-13-21)22-14-8-3-9-15-22;/h1-15,23-24H,16-19H2;1H. The van der Waals surface area contributed by atoms with E-state index in [1.165, 1.54) is 16.0 Å². The van der Waals surface area contributed by atoms with E-state index in [-0.39, 0.29) is 24.4 Å². The number of hydrogen-bond acceptors (Lipinski definition) is 1. The zero-order chi connectivity index (χ0) is 20.1. The van der Waals surface area contributed by atoms with Gasteiger partial charge in [-0.3, -0.25) is 4.79 Å². The van der Waals surface area contributed by atoms with Gasteiger partial charge in [-0.15, -0.1) is 11.6 Å². The SMILES string of the molecule is O=C(C(Cl)c1ccccc1)N1CC[NH+](C(c2ccccc2)c2ccccc2)CC1.[Cl-]. The van der Waals surface area contributed by atoms with Gasteiger partial charge in [0.1, 0.15) is 11.4 Å². The number of quaternary nitrogens is 1. The van der Waals surface area contributed by atoms with E-state index in [0.717, 1.165) is 31.7 Å². The Hall–Kier alpha value is -2.33. The molecule has 5 heteroatoms. The summed E-state index contributed by atoms with van der Waals surface area (Å²) in [5, 5.41) is -0.614. The Balaban J connectivity index is 0.00000256. The summed E-state index contributed by atoms with van der Waals surface area (Å²) in [6.07, 6.45) is 0. The van der Waals surface area contributed by atoms with E-state index in [1.54, 1.807) is 0 Å². The van der Waals surface area contributed by atoms with E-state index in [0.29, 0.717) is 0 Å². The van der Waals surface area contributed by atoms with Crippen molar-refractivity contribution in [1.29, 1.82) is 0 Å². The van der Waals surface area contributed by atoms with Crippen LogP contribution in [0.5, 0.6) is 0 Å². The summed E-state index contributed by atoms with van der Waals surface area (Å²) in [5.74, 6) is 0.00730. The van der Waals surface area contributed by atoms with Crippen molar-refractivity contribution in [3.63, 3.8) is 0 Å². The van der Waals surface area contributed by atoms with Gasteiger partial charge in [0.25, 0.3) is 0 Å². The Labute approximate surface area is 189 Å². The smallest absolute Gasteiger partial charge is 0.245 e. The molecule has 0 aromatic heterocycles. The number of amides is 1. The summed E-state index contributed by atoms with van der Waals surface area (Å²) in [6, 6.07) is 31.2. The number of halogens is 2. The summed E-state index contributed by atoms with van der Waals surface area (Å²) in [6.45, 7) is 3.25. The van der Waals surface area contributed by atoms with Gasteiger partial charge in [-0.1, -0.05) is 91.0 Å². The van der Waals surface area contributed by atoms with Gasteiger partial charge in [0, 0.05) is 11.1 Å². The van der Waals surface area contributed by atoms with Crippen LogP contribution in [0.4, 0.5) is 0 Å². The zero-order valence-electron chi connectivity index (χ0n) is 16.8. The van der Waals surface area contributed by atoms with Crippen LogP contribution in [0.15, 0.2) is 91.0 Å². The highest BCUT2D eigenvalue weighted by molar-refractivity contribution is 6.30. The predicted molar refractivity (Wildman–Crippen MR) is 117 cm³/mol. The lowest BCUT2D eigenvalue weighted by Gasteiger charge is -2.37. The molecule has 1 aliphatic heterocycles. The molecule has 30 heavy (non-hydrogen) atoms. The zero-order valence-corrected chi connectivity index (χ0v) is 18.3. The minimum atomic E-state index is -0.614. The Morgan fingerprint density at radius 3 is 1.57 bits per heavy atom. The number of carbonyl (C=O) groups excluding carboxylic acids is 1. The van der Waals surface area contributed by atoms with Crippen molar-refractivity contribution in [2.75, 3.05) is 26.2 Å². The fourth-order valence-corrected chi connectivity index (χ4v) is 4.47. The van der Waals surface area contributed by atoms with Crippen molar-refractivity contribution in [2.45, 2.75) is 11.4 Å². The molecule has 156 valence electrons. The number of hydrogen-bond donors (Lipinski definition) is 1. The number of piperazine rings is 1. The van der Waals surface area contributed by atoms with E-state index >= 15 is 0 Å². The second-order valence-electron chi connectivity index (χ2n) is 7.51. The molecule has 1 heterocycles. The van der Waals surface area contributed by atoms with Crippen molar-refractivity contribution in [3.8, 4) is 0 Å². The highest BCUT2D eigenvalue weighted by Gasteiger charge is 2.33. The van der Waals surface area contributed by atoms with Crippen LogP contribution in [0, 0.1) is 0 Å². The quantitative estimate of drug-likeness (QED) is 0.573. The normalized spacial score (nSPS) is 15.5. The van der Waals surface area contributed by atoms with Gasteiger partial charge in [0.05, 0.1) is 26.2 Å². The Bertz CT molecular complexity index is 874. The molecule has 0 aliphatic carbocycles. The largest absolute Gasteiger partial charge is 1.00 e. The van der Waals surface area contributed by atoms with E-state index in [2.05, 4.69) is 60.7 Å². The second-order valence-corrected chi connectivity index (χ2v) is 7.95. The van der Waals surface area contributed by atoms with E-state index < -0.39 is 5.38 Å². The van der Waals surface area contributed by atoms with Crippen LogP contribution in [0.2, 0.25) is 0 Å². The van der Waals surface area contributed by atoms with Crippen molar-refractivity contribution >= 4 is 17.5 Å². The maximum atomic E-state index is 12.9. The van der Waals surface area contributed by atoms with Crippen LogP contribution in [0.25, 0.3) is 0 Å². The summed E-state index contributed by atoms with van der Waals surface area (Å²) in [4.78, 5) is 16.3. The molecular weight excluding hydrogens is 415 g/mol. The minimum absolute atomic E-state index is 0. The Morgan fingerprint density at radius 2 is 1.13 bits per heavy atom. The van der Waals surface area contributed by atoms with Gasteiger partial charge in [-0.25, -0.2) is 0 Å². The van der Waals surface area contributed by atoms with Crippen molar-refractivity contribution in [1.82, 2.24) is 4.90 Å². The number of rotatable bonds is 5. The van der Waals surface area contributed by atoms with Crippen LogP contribution in [0.1, 0.15) is 28.1 Å². The molecule has 0 saturated carbocycles. The van der Waals surface area contributed by atoms with Gasteiger partial charge >= 0.3 is 0 Å². The molecule has 4 rings (SSSR count). The van der Waals surface area contributed by atoms with Crippen LogP contribution in [0.3, 0.4) is 0 Å². The lowest BCUT2D eigenvalue weighted by molar-refractivity contribution is -0.929.